The summed E-state index contributed by atoms with van der Waals surface area (Å²) in [6.07, 6.45) is 0.930. The predicted octanol–water partition coefficient (Wildman–Crippen LogP) is 2.95. The highest BCUT2D eigenvalue weighted by Crippen LogP contribution is 2.26. The summed E-state index contributed by atoms with van der Waals surface area (Å²) < 4.78 is 0. The average molecular weight is 216 g/mol. The van der Waals surface area contributed by atoms with Gasteiger partial charge in [0.2, 0.25) is 0 Å². The van der Waals surface area contributed by atoms with Gasteiger partial charge in [-0.15, -0.1) is 11.8 Å². The highest BCUT2D eigenvalue weighted by Gasteiger charge is 2.02. The monoisotopic (exact) mass is 215 g/mol. The van der Waals surface area contributed by atoms with Crippen LogP contribution in [0.5, 0.6) is 0 Å². The van der Waals surface area contributed by atoms with Crippen LogP contribution in [0.3, 0.4) is 0 Å². The largest absolute Gasteiger partial charge is 0.330 e. The van der Waals surface area contributed by atoms with Gasteiger partial charge in [0, 0.05) is 9.92 Å². The minimum absolute atomic E-state index is 0.693. The maximum Gasteiger partial charge on any atom is 0.0417 e. The second-order valence-electron chi connectivity index (χ2n) is 2.72. The molecule has 1 nitrogen and oxygen atoms in total. The van der Waals surface area contributed by atoms with Crippen molar-refractivity contribution in [2.45, 2.75) is 18.2 Å². The number of rotatable bonds is 4. The standard InChI is InChI=1S/C10H14ClNS/c1-2-13-10-7-9(11)4-3-8(10)5-6-12/h3-4,7H,2,5-6,12H2,1H3. The Kier molecular flexibility index (Phi) is 4.64. The number of nitrogens with two attached hydrogens (primary N) is 1. The highest BCUT2D eigenvalue weighted by atomic mass is 35.5. The Labute approximate surface area is 88.7 Å². The number of thioether (sulfide) groups is 1. The van der Waals surface area contributed by atoms with Crippen molar-refractivity contribution < 1.29 is 0 Å². The van der Waals surface area contributed by atoms with Crippen LogP contribution in [0, 0.1) is 0 Å². The molecule has 0 aliphatic carbocycles. The minimum Gasteiger partial charge on any atom is -0.330 e. The van der Waals surface area contributed by atoms with E-state index in [1.165, 1.54) is 10.5 Å². The lowest BCUT2D eigenvalue weighted by atomic mass is 10.1. The van der Waals surface area contributed by atoms with Gasteiger partial charge in [-0.2, -0.15) is 0 Å². The molecule has 0 amide bonds. The van der Waals surface area contributed by atoms with Crippen LogP contribution in [-0.2, 0) is 6.42 Å². The van der Waals surface area contributed by atoms with Crippen molar-refractivity contribution in [1.82, 2.24) is 0 Å². The van der Waals surface area contributed by atoms with Gasteiger partial charge in [0.25, 0.3) is 0 Å². The van der Waals surface area contributed by atoms with Crippen LogP contribution in [0.1, 0.15) is 12.5 Å². The van der Waals surface area contributed by atoms with E-state index in [1.807, 2.05) is 23.9 Å². The molecule has 2 N–H and O–H groups in total. The van der Waals surface area contributed by atoms with E-state index in [-0.39, 0.29) is 0 Å². The lowest BCUT2D eigenvalue weighted by Gasteiger charge is -2.07. The molecule has 0 unspecified atom stereocenters. The van der Waals surface area contributed by atoms with Crippen molar-refractivity contribution >= 4 is 23.4 Å². The maximum absolute atomic E-state index is 5.91. The summed E-state index contributed by atoms with van der Waals surface area (Å²) in [5, 5.41) is 0.803. The maximum atomic E-state index is 5.91. The van der Waals surface area contributed by atoms with Crippen LogP contribution in [0.15, 0.2) is 23.1 Å². The van der Waals surface area contributed by atoms with Crippen molar-refractivity contribution in [3.8, 4) is 0 Å². The highest BCUT2D eigenvalue weighted by molar-refractivity contribution is 7.99. The van der Waals surface area contributed by atoms with Crippen molar-refractivity contribution in [3.05, 3.63) is 28.8 Å². The summed E-state index contributed by atoms with van der Waals surface area (Å²) in [7, 11) is 0. The van der Waals surface area contributed by atoms with E-state index in [0.29, 0.717) is 6.54 Å². The van der Waals surface area contributed by atoms with E-state index in [9.17, 15) is 0 Å². The SMILES string of the molecule is CCSc1cc(Cl)ccc1CCN. The zero-order valence-corrected chi connectivity index (χ0v) is 9.29. The zero-order chi connectivity index (χ0) is 9.68. The van der Waals surface area contributed by atoms with Crippen LogP contribution in [0.25, 0.3) is 0 Å². The molecule has 0 spiro atoms. The van der Waals surface area contributed by atoms with Crippen LogP contribution >= 0.6 is 23.4 Å². The molecular formula is C10H14ClNS. The van der Waals surface area contributed by atoms with Crippen LogP contribution < -0.4 is 5.73 Å². The van der Waals surface area contributed by atoms with E-state index in [4.69, 9.17) is 17.3 Å². The topological polar surface area (TPSA) is 26.0 Å². The Morgan fingerprint density at radius 2 is 2.23 bits per heavy atom. The fourth-order valence-electron chi connectivity index (χ4n) is 1.18. The number of hydrogen-bond acceptors (Lipinski definition) is 2. The summed E-state index contributed by atoms with van der Waals surface area (Å²) >= 11 is 7.72. The molecule has 1 aromatic rings. The first kappa shape index (κ1) is 10.9. The molecule has 0 heterocycles. The van der Waals surface area contributed by atoms with Gasteiger partial charge in [0.05, 0.1) is 0 Å². The summed E-state index contributed by atoms with van der Waals surface area (Å²) in [6, 6.07) is 6.00. The normalized spacial score (nSPS) is 10.4. The van der Waals surface area contributed by atoms with Gasteiger partial charge in [-0.3, -0.25) is 0 Å². The molecule has 13 heavy (non-hydrogen) atoms. The fraction of sp³-hybridized carbons (Fsp3) is 0.400. The third kappa shape index (κ3) is 3.22. The summed E-state index contributed by atoms with van der Waals surface area (Å²) in [6.45, 7) is 2.83. The Morgan fingerprint density at radius 1 is 1.46 bits per heavy atom. The molecule has 1 rings (SSSR count). The third-order valence-corrected chi connectivity index (χ3v) is 2.96. The van der Waals surface area contributed by atoms with E-state index in [1.54, 1.807) is 0 Å². The van der Waals surface area contributed by atoms with Crippen molar-refractivity contribution in [2.75, 3.05) is 12.3 Å². The zero-order valence-electron chi connectivity index (χ0n) is 7.72. The minimum atomic E-state index is 0.693. The van der Waals surface area contributed by atoms with Gasteiger partial charge in [0.15, 0.2) is 0 Å². The first-order chi connectivity index (χ1) is 6.27. The van der Waals surface area contributed by atoms with E-state index in [2.05, 4.69) is 13.0 Å². The van der Waals surface area contributed by atoms with Gasteiger partial charge in [-0.05, 0) is 36.4 Å². The third-order valence-electron chi connectivity index (χ3n) is 1.74. The van der Waals surface area contributed by atoms with Gasteiger partial charge in [0.1, 0.15) is 0 Å². The summed E-state index contributed by atoms with van der Waals surface area (Å²) in [4.78, 5) is 1.26. The molecule has 0 saturated carbocycles. The van der Waals surface area contributed by atoms with E-state index in [0.717, 1.165) is 17.2 Å². The molecule has 0 fully saturated rings. The molecule has 72 valence electrons. The first-order valence-electron chi connectivity index (χ1n) is 4.39. The fourth-order valence-corrected chi connectivity index (χ4v) is 2.29. The lowest BCUT2D eigenvalue weighted by Crippen LogP contribution is -2.03. The van der Waals surface area contributed by atoms with Crippen molar-refractivity contribution in [1.29, 1.82) is 0 Å². The lowest BCUT2D eigenvalue weighted by molar-refractivity contribution is 0.944. The second-order valence-corrected chi connectivity index (χ2v) is 4.47. The van der Waals surface area contributed by atoms with Crippen molar-refractivity contribution in [2.24, 2.45) is 5.73 Å². The molecule has 3 heteroatoms. The summed E-state index contributed by atoms with van der Waals surface area (Å²) in [5.74, 6) is 1.07. The Morgan fingerprint density at radius 3 is 2.85 bits per heavy atom. The number of benzene rings is 1. The van der Waals surface area contributed by atoms with E-state index >= 15 is 0 Å². The number of hydrogen-bond donors (Lipinski definition) is 1. The molecule has 0 aromatic heterocycles. The van der Waals surface area contributed by atoms with Gasteiger partial charge < -0.3 is 5.73 Å². The van der Waals surface area contributed by atoms with Crippen LogP contribution in [-0.4, -0.2) is 12.3 Å². The first-order valence-corrected chi connectivity index (χ1v) is 5.75. The average Bonchev–Trinajstić information content (AvgIpc) is 2.10. The summed E-state index contributed by atoms with van der Waals surface area (Å²) in [5.41, 5.74) is 6.83. The smallest absolute Gasteiger partial charge is 0.0417 e. The molecule has 1 aromatic carbocycles. The second kappa shape index (κ2) is 5.53. The van der Waals surface area contributed by atoms with Gasteiger partial charge >= 0.3 is 0 Å². The van der Waals surface area contributed by atoms with Crippen molar-refractivity contribution in [3.63, 3.8) is 0 Å². The molecule has 0 saturated heterocycles. The molecule has 0 aliphatic heterocycles. The van der Waals surface area contributed by atoms with Gasteiger partial charge in [-0.1, -0.05) is 24.6 Å². The molecule has 0 aliphatic rings. The Bertz CT molecular complexity index is 276. The van der Waals surface area contributed by atoms with Crippen LogP contribution in [0.2, 0.25) is 5.02 Å². The molecule has 0 radical (unpaired) electrons. The van der Waals surface area contributed by atoms with Crippen LogP contribution in [0.4, 0.5) is 0 Å². The Hall–Kier alpha value is -0.180. The van der Waals surface area contributed by atoms with E-state index < -0.39 is 0 Å². The molecule has 0 atom stereocenters. The quantitative estimate of drug-likeness (QED) is 0.782. The molecule has 0 bridgehead atoms. The molecular weight excluding hydrogens is 202 g/mol. The van der Waals surface area contributed by atoms with Gasteiger partial charge in [-0.25, -0.2) is 0 Å². The number of halogens is 1. The predicted molar refractivity (Wildman–Crippen MR) is 60.6 cm³/mol. The Balaban J connectivity index is 2.89.